The third-order valence-electron chi connectivity index (χ3n) is 2.52. The molecule has 0 N–H and O–H groups in total. The predicted molar refractivity (Wildman–Crippen MR) is 52.0 cm³/mol. The Morgan fingerprint density at radius 1 is 1.33 bits per heavy atom. The molecule has 0 saturated carbocycles. The molecule has 2 heteroatoms. The van der Waals surface area contributed by atoms with E-state index in [1.807, 2.05) is 13.8 Å². The van der Waals surface area contributed by atoms with Crippen LogP contribution in [-0.4, -0.2) is 36.9 Å². The molecule has 0 spiro atoms. The van der Waals surface area contributed by atoms with Gasteiger partial charge in [0.1, 0.15) is 6.04 Å². The summed E-state index contributed by atoms with van der Waals surface area (Å²) >= 11 is 0. The number of nitrogens with zero attached hydrogens (tertiary/aromatic N) is 1. The van der Waals surface area contributed by atoms with Crippen molar-refractivity contribution in [1.82, 2.24) is 0 Å². The highest BCUT2D eigenvalue weighted by Gasteiger charge is 2.36. The molecule has 1 aliphatic rings. The lowest BCUT2D eigenvalue weighted by Crippen LogP contribution is -2.47. The van der Waals surface area contributed by atoms with E-state index in [0.29, 0.717) is 5.78 Å². The van der Waals surface area contributed by atoms with Crippen LogP contribution in [0, 0.1) is 0 Å². The highest BCUT2D eigenvalue weighted by atomic mass is 16.1. The molecule has 1 saturated heterocycles. The number of ketones is 1. The Labute approximate surface area is 76.2 Å². The fourth-order valence-corrected chi connectivity index (χ4v) is 1.89. The quantitative estimate of drug-likeness (QED) is 0.552. The molecule has 0 aromatic carbocycles. The van der Waals surface area contributed by atoms with Crippen molar-refractivity contribution >= 4 is 5.78 Å². The van der Waals surface area contributed by atoms with E-state index in [1.54, 1.807) is 6.92 Å². The van der Waals surface area contributed by atoms with Crippen LogP contribution >= 0.6 is 0 Å². The minimum Gasteiger partial charge on any atom is -0.320 e. The van der Waals surface area contributed by atoms with Gasteiger partial charge in [0.2, 0.25) is 0 Å². The molecular weight excluding hydrogens is 150 g/mol. The minimum absolute atomic E-state index is 0.278. The van der Waals surface area contributed by atoms with Crippen LogP contribution in [0.3, 0.4) is 0 Å². The van der Waals surface area contributed by atoms with E-state index >= 15 is 0 Å². The summed E-state index contributed by atoms with van der Waals surface area (Å²) in [5.41, 5.74) is 0. The van der Waals surface area contributed by atoms with Gasteiger partial charge < -0.3 is 4.48 Å². The Kier molecular flexibility index (Phi) is 4.46. The summed E-state index contributed by atoms with van der Waals surface area (Å²) in [5.74, 6) is 0.350. The molecule has 2 nitrogen and oxygen atoms in total. The zero-order chi connectivity index (χ0) is 9.78. The van der Waals surface area contributed by atoms with Crippen LogP contribution in [0.5, 0.6) is 0 Å². The molecule has 1 heterocycles. The smallest absolute Gasteiger partial charge is 0.186 e. The van der Waals surface area contributed by atoms with E-state index in [0.717, 1.165) is 17.4 Å². The number of hydrogen-bond acceptors (Lipinski definition) is 1. The molecule has 1 aliphatic heterocycles. The number of Topliss-reactive ketones (excluding diaryl/α,β-unsaturated/α-hetero) is 1. The second-order valence-corrected chi connectivity index (χ2v) is 3.77. The first-order chi connectivity index (χ1) is 5.54. The van der Waals surface area contributed by atoms with Gasteiger partial charge in [-0.1, -0.05) is 13.8 Å². The number of carbonyl (C=O) groups is 1. The molecule has 0 aliphatic carbocycles. The number of likely N-dealkylation sites (tertiary alicyclic amines) is 1. The standard InChI is InChI=1S/C8H16NO.C2H6/c1-7(10)8-5-4-6-9(8,2)3;1-2/h8H,4-6H2,1-3H3;1-2H3/q+1;. The van der Waals surface area contributed by atoms with Gasteiger partial charge in [0, 0.05) is 19.8 Å². The zero-order valence-electron chi connectivity index (χ0n) is 9.05. The largest absolute Gasteiger partial charge is 0.320 e. The fraction of sp³-hybridized carbons (Fsp3) is 0.900. The van der Waals surface area contributed by atoms with E-state index < -0.39 is 0 Å². The number of quaternary nitrogens is 1. The molecule has 0 radical (unpaired) electrons. The maximum atomic E-state index is 11.0. The Hall–Kier alpha value is -0.370. The molecule has 0 bridgehead atoms. The van der Waals surface area contributed by atoms with Gasteiger partial charge in [0.25, 0.3) is 0 Å². The molecule has 72 valence electrons. The second kappa shape index (κ2) is 4.61. The molecule has 12 heavy (non-hydrogen) atoms. The summed E-state index contributed by atoms with van der Waals surface area (Å²) in [6.45, 7) is 6.86. The van der Waals surface area contributed by atoms with Crippen molar-refractivity contribution in [2.75, 3.05) is 20.6 Å². The van der Waals surface area contributed by atoms with Crippen molar-refractivity contribution in [1.29, 1.82) is 0 Å². The average molecular weight is 172 g/mol. The average Bonchev–Trinajstić information content (AvgIpc) is 2.33. The van der Waals surface area contributed by atoms with Crippen molar-refractivity contribution in [3.05, 3.63) is 0 Å². The van der Waals surface area contributed by atoms with Crippen molar-refractivity contribution in [3.8, 4) is 0 Å². The van der Waals surface area contributed by atoms with Gasteiger partial charge in [-0.2, -0.15) is 0 Å². The molecule has 1 fully saturated rings. The van der Waals surface area contributed by atoms with E-state index in [2.05, 4.69) is 14.1 Å². The maximum absolute atomic E-state index is 11.0. The summed E-state index contributed by atoms with van der Waals surface area (Å²) in [4.78, 5) is 11.0. The van der Waals surface area contributed by atoms with Crippen LogP contribution in [0.25, 0.3) is 0 Å². The molecule has 1 atom stereocenters. The number of hydrogen-bond donors (Lipinski definition) is 0. The van der Waals surface area contributed by atoms with Gasteiger partial charge in [0.15, 0.2) is 5.78 Å². The molecule has 0 aromatic rings. The van der Waals surface area contributed by atoms with Crippen LogP contribution < -0.4 is 0 Å². The van der Waals surface area contributed by atoms with Crippen LogP contribution in [0.4, 0.5) is 0 Å². The van der Waals surface area contributed by atoms with Crippen LogP contribution in [0.1, 0.15) is 33.6 Å². The fourth-order valence-electron chi connectivity index (χ4n) is 1.89. The van der Waals surface area contributed by atoms with Gasteiger partial charge in [-0.05, 0) is 0 Å². The summed E-state index contributed by atoms with van der Waals surface area (Å²) in [7, 11) is 4.28. The predicted octanol–water partition coefficient (Wildman–Crippen LogP) is 1.84. The van der Waals surface area contributed by atoms with Gasteiger partial charge in [-0.15, -0.1) is 0 Å². The maximum Gasteiger partial charge on any atom is 0.186 e. The van der Waals surface area contributed by atoms with E-state index in [9.17, 15) is 4.79 Å². The van der Waals surface area contributed by atoms with Gasteiger partial charge >= 0.3 is 0 Å². The molecular formula is C10H22NO+. The summed E-state index contributed by atoms with van der Waals surface area (Å²) < 4.78 is 0.898. The summed E-state index contributed by atoms with van der Waals surface area (Å²) in [6.07, 6.45) is 2.29. The van der Waals surface area contributed by atoms with Crippen molar-refractivity contribution in [2.45, 2.75) is 39.7 Å². The molecule has 1 unspecified atom stereocenters. The molecule has 1 rings (SSSR count). The Balaban J connectivity index is 0.000000561. The lowest BCUT2D eigenvalue weighted by Gasteiger charge is -2.29. The lowest BCUT2D eigenvalue weighted by atomic mass is 10.1. The first kappa shape index (κ1) is 11.6. The van der Waals surface area contributed by atoms with Crippen LogP contribution in [0.15, 0.2) is 0 Å². The Bertz CT molecular complexity index is 152. The molecule has 0 aromatic heterocycles. The lowest BCUT2D eigenvalue weighted by molar-refractivity contribution is -0.892. The minimum atomic E-state index is 0.278. The monoisotopic (exact) mass is 172 g/mol. The van der Waals surface area contributed by atoms with Gasteiger partial charge in [0.05, 0.1) is 20.6 Å². The summed E-state index contributed by atoms with van der Waals surface area (Å²) in [6, 6.07) is 0.278. The SMILES string of the molecule is CC.CC(=O)C1CCC[N+]1(C)C. The van der Waals surface area contributed by atoms with Gasteiger partial charge in [-0.25, -0.2) is 0 Å². The zero-order valence-corrected chi connectivity index (χ0v) is 9.05. The summed E-state index contributed by atoms with van der Waals surface area (Å²) in [5, 5.41) is 0. The van der Waals surface area contributed by atoms with Gasteiger partial charge in [-0.3, -0.25) is 4.79 Å². The number of carbonyl (C=O) groups excluding carboxylic acids is 1. The van der Waals surface area contributed by atoms with E-state index in [-0.39, 0.29) is 6.04 Å². The third kappa shape index (κ3) is 2.59. The second-order valence-electron chi connectivity index (χ2n) is 3.77. The van der Waals surface area contributed by atoms with Crippen LogP contribution in [0.2, 0.25) is 0 Å². The van der Waals surface area contributed by atoms with Crippen molar-refractivity contribution < 1.29 is 9.28 Å². The van der Waals surface area contributed by atoms with Crippen molar-refractivity contribution in [3.63, 3.8) is 0 Å². The highest BCUT2D eigenvalue weighted by molar-refractivity contribution is 5.80. The first-order valence-electron chi connectivity index (χ1n) is 4.87. The third-order valence-corrected chi connectivity index (χ3v) is 2.52. The van der Waals surface area contributed by atoms with E-state index in [4.69, 9.17) is 0 Å². The number of likely N-dealkylation sites (N-methyl/N-ethyl adjacent to an activating group) is 1. The topological polar surface area (TPSA) is 17.1 Å². The van der Waals surface area contributed by atoms with Crippen molar-refractivity contribution in [2.24, 2.45) is 0 Å². The Morgan fingerprint density at radius 3 is 2.00 bits per heavy atom. The Morgan fingerprint density at radius 2 is 1.83 bits per heavy atom. The molecule has 0 amide bonds. The van der Waals surface area contributed by atoms with Crippen LogP contribution in [-0.2, 0) is 4.79 Å². The first-order valence-corrected chi connectivity index (χ1v) is 4.87. The number of rotatable bonds is 1. The van der Waals surface area contributed by atoms with E-state index in [1.165, 1.54) is 6.42 Å². The highest BCUT2D eigenvalue weighted by Crippen LogP contribution is 2.22. The normalized spacial score (nSPS) is 25.9.